The van der Waals surface area contributed by atoms with Crippen molar-refractivity contribution in [3.8, 4) is 5.75 Å². The molecule has 0 amide bonds. The average molecular weight is 296 g/mol. The van der Waals surface area contributed by atoms with Crippen LogP contribution in [-0.4, -0.2) is 9.97 Å². The highest BCUT2D eigenvalue weighted by molar-refractivity contribution is 5.75. The van der Waals surface area contributed by atoms with Crippen molar-refractivity contribution in [3.05, 3.63) is 72.3 Å². The SMILES string of the molecule is C=CCc1ccccc1O[C@H](C)c1nc2ccc(F)cc2[nH]1. The number of halogens is 1. The van der Waals surface area contributed by atoms with E-state index in [-0.39, 0.29) is 11.9 Å². The van der Waals surface area contributed by atoms with Crippen molar-refractivity contribution in [1.29, 1.82) is 0 Å². The van der Waals surface area contributed by atoms with Gasteiger partial charge in [0.05, 0.1) is 11.0 Å². The third kappa shape index (κ3) is 2.86. The van der Waals surface area contributed by atoms with Crippen LogP contribution in [0.15, 0.2) is 55.1 Å². The van der Waals surface area contributed by atoms with E-state index < -0.39 is 0 Å². The summed E-state index contributed by atoms with van der Waals surface area (Å²) in [5.41, 5.74) is 2.47. The minimum absolute atomic E-state index is 0.263. The Labute approximate surface area is 128 Å². The number of aromatic nitrogens is 2. The number of nitrogens with zero attached hydrogens (tertiary/aromatic N) is 1. The minimum atomic E-state index is -0.285. The molecule has 3 nitrogen and oxygen atoms in total. The van der Waals surface area contributed by atoms with E-state index in [1.807, 2.05) is 37.3 Å². The standard InChI is InChI=1S/C18H17FN2O/c1-3-6-13-7-4-5-8-17(13)22-12(2)18-20-15-10-9-14(19)11-16(15)21-18/h3-5,7-12H,1,6H2,2H3,(H,20,21)/t12-/m1/s1. The van der Waals surface area contributed by atoms with Crippen LogP contribution in [0.25, 0.3) is 11.0 Å². The van der Waals surface area contributed by atoms with E-state index in [0.29, 0.717) is 11.3 Å². The van der Waals surface area contributed by atoms with E-state index in [2.05, 4.69) is 16.5 Å². The van der Waals surface area contributed by atoms with Gasteiger partial charge in [0, 0.05) is 0 Å². The predicted octanol–water partition coefficient (Wildman–Crippen LogP) is 4.57. The van der Waals surface area contributed by atoms with Crippen LogP contribution in [0.4, 0.5) is 4.39 Å². The van der Waals surface area contributed by atoms with Gasteiger partial charge in [-0.3, -0.25) is 0 Å². The van der Waals surface area contributed by atoms with Gasteiger partial charge in [-0.25, -0.2) is 9.37 Å². The molecule has 4 heteroatoms. The van der Waals surface area contributed by atoms with Crippen LogP contribution in [0.3, 0.4) is 0 Å². The first kappa shape index (κ1) is 14.3. The van der Waals surface area contributed by atoms with E-state index >= 15 is 0 Å². The Morgan fingerprint density at radius 1 is 1.32 bits per heavy atom. The van der Waals surface area contributed by atoms with Crippen molar-refractivity contribution in [3.63, 3.8) is 0 Å². The number of hydrogen-bond donors (Lipinski definition) is 1. The molecule has 0 radical (unpaired) electrons. The van der Waals surface area contributed by atoms with E-state index in [1.165, 1.54) is 12.1 Å². The molecule has 112 valence electrons. The molecule has 0 spiro atoms. The fourth-order valence-electron chi connectivity index (χ4n) is 2.38. The van der Waals surface area contributed by atoms with Crippen molar-refractivity contribution in [2.45, 2.75) is 19.4 Å². The van der Waals surface area contributed by atoms with Crippen LogP contribution in [-0.2, 0) is 6.42 Å². The second-order valence-corrected chi connectivity index (χ2v) is 5.14. The van der Waals surface area contributed by atoms with Gasteiger partial charge in [0.15, 0.2) is 6.10 Å². The molecule has 0 saturated carbocycles. The number of imidazole rings is 1. The zero-order chi connectivity index (χ0) is 15.5. The Morgan fingerprint density at radius 2 is 2.14 bits per heavy atom. The first-order chi connectivity index (χ1) is 10.7. The van der Waals surface area contributed by atoms with Gasteiger partial charge in [0.1, 0.15) is 17.4 Å². The molecule has 0 unspecified atom stereocenters. The summed E-state index contributed by atoms with van der Waals surface area (Å²) < 4.78 is 19.3. The fraction of sp³-hybridized carbons (Fsp3) is 0.167. The molecule has 1 aromatic heterocycles. The first-order valence-corrected chi connectivity index (χ1v) is 7.18. The zero-order valence-corrected chi connectivity index (χ0v) is 12.3. The summed E-state index contributed by atoms with van der Waals surface area (Å²) in [6, 6.07) is 12.3. The smallest absolute Gasteiger partial charge is 0.153 e. The Bertz CT molecular complexity index is 810. The highest BCUT2D eigenvalue weighted by atomic mass is 19.1. The molecular weight excluding hydrogens is 279 g/mol. The Balaban J connectivity index is 1.86. The largest absolute Gasteiger partial charge is 0.483 e. The maximum absolute atomic E-state index is 13.2. The number of fused-ring (bicyclic) bond motifs is 1. The summed E-state index contributed by atoms with van der Waals surface area (Å²) in [6.07, 6.45) is 2.33. The van der Waals surface area contributed by atoms with Gasteiger partial charge in [-0.1, -0.05) is 24.3 Å². The van der Waals surface area contributed by atoms with Gasteiger partial charge in [0.2, 0.25) is 0 Å². The Kier molecular flexibility index (Phi) is 3.92. The molecule has 1 N–H and O–H groups in total. The molecule has 0 aliphatic heterocycles. The summed E-state index contributed by atoms with van der Waals surface area (Å²) in [7, 11) is 0. The maximum atomic E-state index is 13.2. The molecular formula is C18H17FN2O. The molecule has 3 rings (SSSR count). The van der Waals surface area contributed by atoms with Crippen LogP contribution in [0.5, 0.6) is 5.75 Å². The summed E-state index contributed by atoms with van der Waals surface area (Å²) in [4.78, 5) is 7.57. The highest BCUT2D eigenvalue weighted by Gasteiger charge is 2.14. The molecule has 0 fully saturated rings. The number of ether oxygens (including phenoxy) is 1. The van der Waals surface area contributed by atoms with Crippen LogP contribution in [0.1, 0.15) is 24.4 Å². The number of rotatable bonds is 5. The number of benzene rings is 2. The summed E-state index contributed by atoms with van der Waals surface area (Å²) in [6.45, 7) is 5.68. The Morgan fingerprint density at radius 3 is 2.95 bits per heavy atom. The van der Waals surface area contributed by atoms with Crippen molar-refractivity contribution in [1.82, 2.24) is 9.97 Å². The lowest BCUT2D eigenvalue weighted by molar-refractivity contribution is 0.216. The molecule has 0 aliphatic rings. The van der Waals surface area contributed by atoms with Gasteiger partial charge in [0.25, 0.3) is 0 Å². The summed E-state index contributed by atoms with van der Waals surface area (Å²) in [5, 5.41) is 0. The molecule has 3 aromatic rings. The molecule has 0 bridgehead atoms. The number of aromatic amines is 1. The van der Waals surface area contributed by atoms with Crippen molar-refractivity contribution in [2.24, 2.45) is 0 Å². The molecule has 22 heavy (non-hydrogen) atoms. The number of hydrogen-bond acceptors (Lipinski definition) is 2. The van der Waals surface area contributed by atoms with Gasteiger partial charge < -0.3 is 9.72 Å². The van der Waals surface area contributed by atoms with Gasteiger partial charge >= 0.3 is 0 Å². The fourth-order valence-corrected chi connectivity index (χ4v) is 2.38. The predicted molar refractivity (Wildman–Crippen MR) is 85.4 cm³/mol. The van der Waals surface area contributed by atoms with E-state index in [1.54, 1.807) is 6.07 Å². The van der Waals surface area contributed by atoms with E-state index in [4.69, 9.17) is 4.74 Å². The second kappa shape index (κ2) is 6.02. The number of nitrogens with one attached hydrogen (secondary N) is 1. The van der Waals surface area contributed by atoms with Crippen molar-refractivity contribution in [2.75, 3.05) is 0 Å². The topological polar surface area (TPSA) is 37.9 Å². The normalized spacial score (nSPS) is 12.3. The maximum Gasteiger partial charge on any atom is 0.153 e. The first-order valence-electron chi connectivity index (χ1n) is 7.18. The number of H-pyrrole nitrogens is 1. The molecule has 2 aromatic carbocycles. The monoisotopic (exact) mass is 296 g/mol. The van der Waals surface area contributed by atoms with Crippen LogP contribution >= 0.6 is 0 Å². The zero-order valence-electron chi connectivity index (χ0n) is 12.3. The van der Waals surface area contributed by atoms with Crippen molar-refractivity contribution < 1.29 is 9.13 Å². The van der Waals surface area contributed by atoms with Gasteiger partial charge in [-0.15, -0.1) is 6.58 Å². The second-order valence-electron chi connectivity index (χ2n) is 5.14. The average Bonchev–Trinajstić information content (AvgIpc) is 2.92. The highest BCUT2D eigenvalue weighted by Crippen LogP contribution is 2.26. The lowest BCUT2D eigenvalue weighted by Crippen LogP contribution is -2.06. The van der Waals surface area contributed by atoms with E-state index in [0.717, 1.165) is 23.3 Å². The van der Waals surface area contributed by atoms with Gasteiger partial charge in [-0.05, 0) is 43.2 Å². The van der Waals surface area contributed by atoms with E-state index in [9.17, 15) is 4.39 Å². The van der Waals surface area contributed by atoms with Crippen LogP contribution < -0.4 is 4.74 Å². The lowest BCUT2D eigenvalue weighted by Gasteiger charge is -2.15. The molecule has 1 atom stereocenters. The molecule has 0 saturated heterocycles. The Hall–Kier alpha value is -2.62. The van der Waals surface area contributed by atoms with Crippen LogP contribution in [0.2, 0.25) is 0 Å². The third-order valence-corrected chi connectivity index (χ3v) is 3.49. The number of allylic oxidation sites excluding steroid dienone is 1. The summed E-state index contributed by atoms with van der Waals surface area (Å²) in [5.74, 6) is 1.20. The van der Waals surface area contributed by atoms with Crippen LogP contribution in [0, 0.1) is 5.82 Å². The number of para-hydroxylation sites is 1. The summed E-state index contributed by atoms with van der Waals surface area (Å²) >= 11 is 0. The van der Waals surface area contributed by atoms with Crippen molar-refractivity contribution >= 4 is 11.0 Å². The minimum Gasteiger partial charge on any atom is -0.483 e. The quantitative estimate of drug-likeness (QED) is 0.700. The molecule has 0 aliphatic carbocycles. The molecule has 1 heterocycles. The lowest BCUT2D eigenvalue weighted by atomic mass is 10.1. The van der Waals surface area contributed by atoms with Gasteiger partial charge in [-0.2, -0.15) is 0 Å². The third-order valence-electron chi connectivity index (χ3n) is 3.49.